The highest BCUT2D eigenvalue weighted by molar-refractivity contribution is 5.29. The first-order chi connectivity index (χ1) is 10.3. The molecule has 0 saturated carbocycles. The number of benzene rings is 1. The second-order valence-corrected chi connectivity index (χ2v) is 5.24. The van der Waals surface area contributed by atoms with Gasteiger partial charge in [-0.15, -0.1) is 0 Å². The first-order valence-corrected chi connectivity index (χ1v) is 7.71. The van der Waals surface area contributed by atoms with Gasteiger partial charge in [-0.25, -0.2) is 4.39 Å². The number of halogens is 1. The van der Waals surface area contributed by atoms with Crippen LogP contribution in [-0.2, 0) is 11.3 Å². The van der Waals surface area contributed by atoms with Gasteiger partial charge in [0.2, 0.25) is 0 Å². The Morgan fingerprint density at radius 2 is 2.14 bits per heavy atom. The molecule has 5 heteroatoms. The molecule has 1 saturated heterocycles. The molecular formula is C16H25FN2O2. The first kappa shape index (κ1) is 16.2. The van der Waals surface area contributed by atoms with Crippen LogP contribution in [0.4, 0.5) is 4.39 Å². The summed E-state index contributed by atoms with van der Waals surface area (Å²) >= 11 is 0. The summed E-state index contributed by atoms with van der Waals surface area (Å²) in [5, 5.41) is 3.26. The minimum Gasteiger partial charge on any atom is -0.489 e. The average molecular weight is 296 g/mol. The van der Waals surface area contributed by atoms with E-state index < -0.39 is 0 Å². The van der Waals surface area contributed by atoms with Gasteiger partial charge >= 0.3 is 0 Å². The molecule has 1 aromatic carbocycles. The van der Waals surface area contributed by atoms with Gasteiger partial charge in [-0.2, -0.15) is 0 Å². The molecule has 0 amide bonds. The van der Waals surface area contributed by atoms with Crippen molar-refractivity contribution in [1.29, 1.82) is 0 Å². The monoisotopic (exact) mass is 296 g/mol. The van der Waals surface area contributed by atoms with Crippen LogP contribution in [0.2, 0.25) is 0 Å². The third-order valence-electron chi connectivity index (χ3n) is 3.52. The van der Waals surface area contributed by atoms with Crippen LogP contribution >= 0.6 is 0 Å². The maximum Gasteiger partial charge on any atom is 0.165 e. The van der Waals surface area contributed by atoms with E-state index in [9.17, 15) is 4.39 Å². The Kier molecular flexibility index (Phi) is 6.92. The van der Waals surface area contributed by atoms with E-state index in [1.807, 2.05) is 6.07 Å². The van der Waals surface area contributed by atoms with Gasteiger partial charge in [-0.3, -0.25) is 4.90 Å². The molecule has 0 aromatic heterocycles. The standard InChI is InChI=1S/C16H25FN2O2/c1-2-5-18-13-14-3-4-16(15(17)12-14)21-11-8-19-6-9-20-10-7-19/h3-4,12,18H,2,5-11,13H2,1H3. The van der Waals surface area contributed by atoms with Gasteiger partial charge in [0, 0.05) is 26.2 Å². The highest BCUT2D eigenvalue weighted by Crippen LogP contribution is 2.18. The number of nitrogens with zero attached hydrogens (tertiary/aromatic N) is 1. The lowest BCUT2D eigenvalue weighted by Gasteiger charge is -2.26. The van der Waals surface area contributed by atoms with Crippen LogP contribution in [-0.4, -0.2) is 50.9 Å². The maximum absolute atomic E-state index is 13.9. The predicted octanol–water partition coefficient (Wildman–Crippen LogP) is 2.04. The number of morpholine rings is 1. The SMILES string of the molecule is CCCNCc1ccc(OCCN2CCOCC2)c(F)c1. The van der Waals surface area contributed by atoms with Crippen LogP contribution in [0, 0.1) is 5.82 Å². The molecule has 1 heterocycles. The van der Waals surface area contributed by atoms with E-state index in [1.165, 1.54) is 0 Å². The molecule has 1 N–H and O–H groups in total. The minimum atomic E-state index is -0.284. The minimum absolute atomic E-state index is 0.284. The van der Waals surface area contributed by atoms with E-state index in [-0.39, 0.29) is 5.82 Å². The molecule has 0 aliphatic carbocycles. The van der Waals surface area contributed by atoms with Crippen molar-refractivity contribution in [1.82, 2.24) is 10.2 Å². The Balaban J connectivity index is 1.74. The summed E-state index contributed by atoms with van der Waals surface area (Å²) in [7, 11) is 0. The predicted molar refractivity (Wildman–Crippen MR) is 81.2 cm³/mol. The smallest absolute Gasteiger partial charge is 0.165 e. The van der Waals surface area contributed by atoms with Crippen molar-refractivity contribution in [2.24, 2.45) is 0 Å². The van der Waals surface area contributed by atoms with Crippen LogP contribution in [0.25, 0.3) is 0 Å². The van der Waals surface area contributed by atoms with Crippen molar-refractivity contribution >= 4 is 0 Å². The third-order valence-corrected chi connectivity index (χ3v) is 3.52. The van der Waals surface area contributed by atoms with E-state index in [1.54, 1.807) is 12.1 Å². The van der Waals surface area contributed by atoms with E-state index in [0.717, 1.165) is 51.4 Å². The van der Waals surface area contributed by atoms with Gasteiger partial charge in [0.1, 0.15) is 6.61 Å². The summed E-state index contributed by atoms with van der Waals surface area (Å²) in [5.41, 5.74) is 0.946. The lowest BCUT2D eigenvalue weighted by molar-refractivity contribution is 0.0320. The van der Waals surface area contributed by atoms with Crippen molar-refractivity contribution in [3.8, 4) is 5.75 Å². The molecule has 1 aliphatic heterocycles. The lowest BCUT2D eigenvalue weighted by atomic mass is 10.2. The highest BCUT2D eigenvalue weighted by atomic mass is 19.1. The molecule has 1 aromatic rings. The molecule has 0 spiro atoms. The largest absolute Gasteiger partial charge is 0.489 e. The molecule has 1 fully saturated rings. The van der Waals surface area contributed by atoms with Crippen molar-refractivity contribution < 1.29 is 13.9 Å². The van der Waals surface area contributed by atoms with Crippen molar-refractivity contribution in [2.45, 2.75) is 19.9 Å². The van der Waals surface area contributed by atoms with Crippen LogP contribution in [0.3, 0.4) is 0 Å². The molecule has 118 valence electrons. The van der Waals surface area contributed by atoms with Gasteiger partial charge in [0.05, 0.1) is 13.2 Å². The average Bonchev–Trinajstić information content (AvgIpc) is 2.51. The van der Waals surface area contributed by atoms with Crippen LogP contribution in [0.5, 0.6) is 5.75 Å². The Hall–Kier alpha value is -1.17. The molecule has 1 aliphatic rings. The fraction of sp³-hybridized carbons (Fsp3) is 0.625. The number of nitrogens with one attached hydrogen (secondary N) is 1. The number of hydrogen-bond acceptors (Lipinski definition) is 4. The Morgan fingerprint density at radius 3 is 2.86 bits per heavy atom. The molecule has 4 nitrogen and oxygen atoms in total. The first-order valence-electron chi connectivity index (χ1n) is 7.71. The van der Waals surface area contributed by atoms with Gasteiger partial charge in [-0.05, 0) is 30.7 Å². The zero-order valence-electron chi connectivity index (χ0n) is 12.7. The third kappa shape index (κ3) is 5.61. The fourth-order valence-electron chi connectivity index (χ4n) is 2.29. The summed E-state index contributed by atoms with van der Waals surface area (Å²) in [6.45, 7) is 8.45. The molecule has 0 radical (unpaired) electrons. The normalized spacial score (nSPS) is 16.1. The molecule has 0 atom stereocenters. The van der Waals surface area contributed by atoms with Crippen molar-refractivity contribution in [3.63, 3.8) is 0 Å². The fourth-order valence-corrected chi connectivity index (χ4v) is 2.29. The molecule has 0 unspecified atom stereocenters. The molecular weight excluding hydrogens is 271 g/mol. The second-order valence-electron chi connectivity index (χ2n) is 5.24. The highest BCUT2D eigenvalue weighted by Gasteiger charge is 2.10. The van der Waals surface area contributed by atoms with Crippen LogP contribution < -0.4 is 10.1 Å². The van der Waals surface area contributed by atoms with Crippen molar-refractivity contribution in [2.75, 3.05) is 46.0 Å². The maximum atomic E-state index is 13.9. The lowest BCUT2D eigenvalue weighted by Crippen LogP contribution is -2.38. The zero-order chi connectivity index (χ0) is 14.9. The second kappa shape index (κ2) is 8.97. The van der Waals surface area contributed by atoms with E-state index in [4.69, 9.17) is 9.47 Å². The Bertz CT molecular complexity index is 423. The summed E-state index contributed by atoms with van der Waals surface area (Å²) in [5.74, 6) is 0.0512. The summed E-state index contributed by atoms with van der Waals surface area (Å²) in [6, 6.07) is 5.18. The Morgan fingerprint density at radius 1 is 1.33 bits per heavy atom. The van der Waals surface area contributed by atoms with Crippen LogP contribution in [0.1, 0.15) is 18.9 Å². The number of ether oxygens (including phenoxy) is 2. The Labute approximate surface area is 126 Å². The summed E-state index contributed by atoms with van der Waals surface area (Å²) < 4.78 is 24.8. The quantitative estimate of drug-likeness (QED) is 0.744. The molecule has 2 rings (SSSR count). The molecule has 0 bridgehead atoms. The van der Waals surface area contributed by atoms with Gasteiger partial charge in [-0.1, -0.05) is 13.0 Å². The van der Waals surface area contributed by atoms with Gasteiger partial charge in [0.15, 0.2) is 11.6 Å². The topological polar surface area (TPSA) is 33.7 Å². The zero-order valence-corrected chi connectivity index (χ0v) is 12.7. The van der Waals surface area contributed by atoms with E-state index in [0.29, 0.717) is 18.9 Å². The molecule has 21 heavy (non-hydrogen) atoms. The van der Waals surface area contributed by atoms with Crippen LogP contribution in [0.15, 0.2) is 18.2 Å². The van der Waals surface area contributed by atoms with E-state index in [2.05, 4.69) is 17.1 Å². The summed E-state index contributed by atoms with van der Waals surface area (Å²) in [6.07, 6.45) is 1.07. The summed E-state index contributed by atoms with van der Waals surface area (Å²) in [4.78, 5) is 2.27. The van der Waals surface area contributed by atoms with E-state index >= 15 is 0 Å². The van der Waals surface area contributed by atoms with Gasteiger partial charge in [0.25, 0.3) is 0 Å². The number of rotatable bonds is 8. The van der Waals surface area contributed by atoms with Gasteiger partial charge < -0.3 is 14.8 Å². The number of hydrogen-bond donors (Lipinski definition) is 1. The van der Waals surface area contributed by atoms with Crippen molar-refractivity contribution in [3.05, 3.63) is 29.6 Å².